The normalized spacial score (nSPS) is 10.1. The molecule has 0 fully saturated rings. The zero-order chi connectivity index (χ0) is 9.97. The number of hydrogen-bond acceptors (Lipinski definition) is 3. The number of benzene rings is 1. The third-order valence-electron chi connectivity index (χ3n) is 2.04. The van der Waals surface area contributed by atoms with Crippen molar-refractivity contribution in [2.45, 2.75) is 6.92 Å². The van der Waals surface area contributed by atoms with Crippen LogP contribution in [0.5, 0.6) is 0 Å². The largest absolute Gasteiger partial charge is 0.360 e. The van der Waals surface area contributed by atoms with E-state index in [9.17, 15) is 0 Å². The van der Waals surface area contributed by atoms with Gasteiger partial charge in [-0.3, -0.25) is 0 Å². The first kappa shape index (κ1) is 9.15. The highest BCUT2D eigenvalue weighted by atomic mass is 32.1. The summed E-state index contributed by atoms with van der Waals surface area (Å²) in [6, 6.07) is 8.20. The number of aromatic nitrogens is 2. The second-order valence-corrected chi connectivity index (χ2v) is 3.84. The van der Waals surface area contributed by atoms with Gasteiger partial charge in [-0.2, -0.15) is 0 Å². The van der Waals surface area contributed by atoms with Crippen LogP contribution >= 0.6 is 11.3 Å². The Morgan fingerprint density at radius 2 is 2.14 bits per heavy atom. The van der Waals surface area contributed by atoms with E-state index in [1.54, 1.807) is 11.3 Å². The van der Waals surface area contributed by atoms with Crippen molar-refractivity contribution in [3.8, 4) is 5.69 Å². The van der Waals surface area contributed by atoms with Gasteiger partial charge in [-0.05, 0) is 22.9 Å². The summed E-state index contributed by atoms with van der Waals surface area (Å²) < 4.78 is 1.89. The highest BCUT2D eigenvalue weighted by Gasteiger charge is 2.13. The Labute approximate surface area is 87.0 Å². The molecule has 0 aliphatic carbocycles. The fourth-order valence-electron chi connectivity index (χ4n) is 1.28. The second-order valence-electron chi connectivity index (χ2n) is 3.01. The molecule has 0 radical (unpaired) electrons. The lowest BCUT2D eigenvalue weighted by Gasteiger charge is -1.92. The van der Waals surface area contributed by atoms with Crippen LogP contribution < -0.4 is 10.00 Å². The molecule has 14 heavy (non-hydrogen) atoms. The molecule has 0 aliphatic rings. The summed E-state index contributed by atoms with van der Waals surface area (Å²) in [6.07, 6.45) is 0. The number of anilines is 1. The SMILES string of the molecule is CNc1n[n+](-c2ccccc2C)cs1. The maximum absolute atomic E-state index is 4.38. The molecule has 0 atom stereocenters. The number of nitrogens with one attached hydrogen (secondary N) is 1. The van der Waals surface area contributed by atoms with Crippen LogP contribution in [-0.2, 0) is 0 Å². The molecule has 4 heteroatoms. The Kier molecular flexibility index (Phi) is 2.45. The molecule has 1 heterocycles. The van der Waals surface area contributed by atoms with Gasteiger partial charge in [-0.1, -0.05) is 18.2 Å². The van der Waals surface area contributed by atoms with E-state index in [0.717, 1.165) is 10.8 Å². The van der Waals surface area contributed by atoms with E-state index in [4.69, 9.17) is 0 Å². The molecule has 0 spiro atoms. The molecule has 0 saturated carbocycles. The first-order valence-corrected chi connectivity index (χ1v) is 5.30. The lowest BCUT2D eigenvalue weighted by atomic mass is 10.2. The number of rotatable bonds is 2. The fraction of sp³-hybridized carbons (Fsp3) is 0.200. The van der Waals surface area contributed by atoms with E-state index in [-0.39, 0.29) is 0 Å². The second kappa shape index (κ2) is 3.75. The molecule has 1 aromatic carbocycles. The Morgan fingerprint density at radius 3 is 2.79 bits per heavy atom. The van der Waals surface area contributed by atoms with E-state index in [2.05, 4.69) is 29.5 Å². The van der Waals surface area contributed by atoms with Crippen LogP contribution in [0.2, 0.25) is 0 Å². The molecule has 0 amide bonds. The van der Waals surface area contributed by atoms with Gasteiger partial charge in [0, 0.05) is 23.8 Å². The highest BCUT2D eigenvalue weighted by Crippen LogP contribution is 2.10. The summed E-state index contributed by atoms with van der Waals surface area (Å²) in [5, 5.41) is 8.33. The molecule has 72 valence electrons. The summed E-state index contributed by atoms with van der Waals surface area (Å²) in [5.74, 6) is 0. The number of hydrogen-bond donors (Lipinski definition) is 1. The standard InChI is InChI=1S/C10H12N3S/c1-8-5-3-4-6-9(8)13-7-14-10(11-2)12-13/h3-7H,1-2H3,(H,11,12)/q+1. The number of para-hydroxylation sites is 1. The third kappa shape index (κ3) is 1.61. The monoisotopic (exact) mass is 206 g/mol. The molecule has 1 N–H and O–H groups in total. The topological polar surface area (TPSA) is 28.8 Å². The minimum absolute atomic E-state index is 0.924. The van der Waals surface area contributed by atoms with Crippen LogP contribution in [0.4, 0.5) is 5.13 Å². The highest BCUT2D eigenvalue weighted by molar-refractivity contribution is 7.13. The lowest BCUT2D eigenvalue weighted by Crippen LogP contribution is -2.32. The molecule has 2 aromatic rings. The van der Waals surface area contributed by atoms with Crippen molar-refractivity contribution in [2.75, 3.05) is 12.4 Å². The maximum Gasteiger partial charge on any atom is 0.261 e. The average molecular weight is 206 g/mol. The minimum Gasteiger partial charge on any atom is -0.360 e. The van der Waals surface area contributed by atoms with Gasteiger partial charge in [0.2, 0.25) is 5.69 Å². The van der Waals surface area contributed by atoms with E-state index >= 15 is 0 Å². The first-order valence-electron chi connectivity index (χ1n) is 4.42. The van der Waals surface area contributed by atoms with Crippen molar-refractivity contribution in [3.05, 3.63) is 35.3 Å². The fourth-order valence-corrected chi connectivity index (χ4v) is 1.90. The van der Waals surface area contributed by atoms with E-state index in [1.165, 1.54) is 5.56 Å². The van der Waals surface area contributed by atoms with Crippen LogP contribution in [0.1, 0.15) is 5.56 Å². The zero-order valence-corrected chi connectivity index (χ0v) is 9.01. The predicted octanol–water partition coefficient (Wildman–Crippen LogP) is 1.77. The molecule has 0 bridgehead atoms. The summed E-state index contributed by atoms with van der Waals surface area (Å²) in [5.41, 5.74) is 4.35. The molecule has 0 aliphatic heterocycles. The van der Waals surface area contributed by atoms with Crippen molar-refractivity contribution in [1.29, 1.82) is 0 Å². The van der Waals surface area contributed by atoms with Crippen LogP contribution in [-0.4, -0.2) is 12.1 Å². The number of nitrogens with zero attached hydrogens (tertiary/aromatic N) is 2. The van der Waals surface area contributed by atoms with Gasteiger partial charge in [-0.25, -0.2) is 0 Å². The van der Waals surface area contributed by atoms with Gasteiger partial charge in [0.15, 0.2) is 0 Å². The average Bonchev–Trinajstić information content (AvgIpc) is 2.67. The van der Waals surface area contributed by atoms with Gasteiger partial charge in [0.25, 0.3) is 10.6 Å². The summed E-state index contributed by atoms with van der Waals surface area (Å²) in [6.45, 7) is 2.08. The molecule has 1 aromatic heterocycles. The van der Waals surface area contributed by atoms with Crippen LogP contribution in [0.15, 0.2) is 29.8 Å². The first-order chi connectivity index (χ1) is 6.81. The smallest absolute Gasteiger partial charge is 0.261 e. The van der Waals surface area contributed by atoms with Gasteiger partial charge in [0.1, 0.15) is 0 Å². The summed E-state index contributed by atoms with van der Waals surface area (Å²) in [4.78, 5) is 0. The van der Waals surface area contributed by atoms with Crippen molar-refractivity contribution in [2.24, 2.45) is 0 Å². The van der Waals surface area contributed by atoms with Crippen molar-refractivity contribution in [1.82, 2.24) is 5.10 Å². The predicted molar refractivity (Wildman–Crippen MR) is 57.9 cm³/mol. The van der Waals surface area contributed by atoms with Gasteiger partial charge in [0.05, 0.1) is 0 Å². The van der Waals surface area contributed by atoms with Crippen LogP contribution in [0.25, 0.3) is 5.69 Å². The Morgan fingerprint density at radius 1 is 1.36 bits per heavy atom. The van der Waals surface area contributed by atoms with Crippen LogP contribution in [0, 0.1) is 6.92 Å². The Bertz CT molecular complexity index is 436. The zero-order valence-electron chi connectivity index (χ0n) is 8.19. The molecule has 0 unspecified atom stereocenters. The van der Waals surface area contributed by atoms with E-state index in [1.807, 2.05) is 29.4 Å². The maximum atomic E-state index is 4.38. The van der Waals surface area contributed by atoms with Gasteiger partial charge in [-0.15, -0.1) is 0 Å². The van der Waals surface area contributed by atoms with E-state index in [0.29, 0.717) is 0 Å². The van der Waals surface area contributed by atoms with Crippen molar-refractivity contribution < 1.29 is 4.68 Å². The summed E-state index contributed by atoms with van der Waals surface area (Å²) in [7, 11) is 1.88. The quantitative estimate of drug-likeness (QED) is 0.759. The molecule has 3 nitrogen and oxygen atoms in total. The Balaban J connectivity index is 2.44. The molecule has 0 saturated heterocycles. The molecular weight excluding hydrogens is 194 g/mol. The molecular formula is C10H12N3S+. The van der Waals surface area contributed by atoms with Gasteiger partial charge < -0.3 is 5.32 Å². The van der Waals surface area contributed by atoms with Gasteiger partial charge >= 0.3 is 0 Å². The summed E-state index contributed by atoms with van der Waals surface area (Å²) >= 11 is 1.59. The molecule has 2 rings (SSSR count). The minimum atomic E-state index is 0.924. The van der Waals surface area contributed by atoms with E-state index < -0.39 is 0 Å². The Hall–Kier alpha value is -1.42. The van der Waals surface area contributed by atoms with Crippen molar-refractivity contribution in [3.63, 3.8) is 0 Å². The van der Waals surface area contributed by atoms with Crippen LogP contribution in [0.3, 0.4) is 0 Å². The van der Waals surface area contributed by atoms with Crippen molar-refractivity contribution >= 4 is 16.5 Å². The lowest BCUT2D eigenvalue weighted by molar-refractivity contribution is -0.653. The third-order valence-corrected chi connectivity index (χ3v) is 2.85. The number of aryl methyl sites for hydroxylation is 1.